The number of halogens is 1. The van der Waals surface area contributed by atoms with Gasteiger partial charge in [-0.15, -0.1) is 0 Å². The number of aliphatic hydroxyl groups is 2. The zero-order chi connectivity index (χ0) is 25.7. The molecule has 3 rings (SSSR count). The second-order valence-electron chi connectivity index (χ2n) is 8.59. The predicted octanol–water partition coefficient (Wildman–Crippen LogP) is 3.42. The van der Waals surface area contributed by atoms with Crippen molar-refractivity contribution in [2.45, 2.75) is 32.3 Å². The number of amides is 2. The van der Waals surface area contributed by atoms with Crippen molar-refractivity contribution >= 4 is 11.8 Å². The molecule has 0 bridgehead atoms. The number of ether oxygens (including phenoxy) is 1. The van der Waals surface area contributed by atoms with E-state index in [9.17, 15) is 24.2 Å². The van der Waals surface area contributed by atoms with Gasteiger partial charge in [-0.2, -0.15) is 0 Å². The third-order valence-corrected chi connectivity index (χ3v) is 5.45. The fraction of sp³-hybridized carbons (Fsp3) is 0.269. The van der Waals surface area contributed by atoms with Crippen LogP contribution >= 0.6 is 0 Å². The molecule has 0 unspecified atom stereocenters. The number of pyridine rings is 1. The van der Waals surface area contributed by atoms with Crippen LogP contribution in [0, 0.1) is 11.7 Å². The fourth-order valence-electron chi connectivity index (χ4n) is 3.83. The van der Waals surface area contributed by atoms with E-state index in [1.54, 1.807) is 24.3 Å². The zero-order valence-electron chi connectivity index (χ0n) is 19.4. The molecule has 2 amide bonds. The highest BCUT2D eigenvalue weighted by Crippen LogP contribution is 2.35. The molecule has 0 aliphatic carbocycles. The average molecular weight is 482 g/mol. The van der Waals surface area contributed by atoms with Gasteiger partial charge in [-0.25, -0.2) is 9.37 Å². The number of carbonyl (C=O) groups excluding carboxylic acids is 2. The number of hydrogen-bond acceptors (Lipinski definition) is 6. The average Bonchev–Trinajstić information content (AvgIpc) is 2.83. The molecule has 0 saturated heterocycles. The fourth-order valence-corrected chi connectivity index (χ4v) is 3.83. The number of primary amides is 2. The molecular formula is C26H28FN3O5. The van der Waals surface area contributed by atoms with Crippen LogP contribution in [0.15, 0.2) is 54.6 Å². The van der Waals surface area contributed by atoms with Gasteiger partial charge in [0.15, 0.2) is 0 Å². The van der Waals surface area contributed by atoms with Gasteiger partial charge in [-0.3, -0.25) is 9.59 Å². The Morgan fingerprint density at radius 2 is 1.60 bits per heavy atom. The maximum Gasteiger partial charge on any atom is 0.267 e. The van der Waals surface area contributed by atoms with Crippen LogP contribution in [0.1, 0.15) is 53.9 Å². The Balaban J connectivity index is 2.07. The second kappa shape index (κ2) is 11.1. The highest BCUT2D eigenvalue weighted by molar-refractivity contribution is 5.96. The maximum absolute atomic E-state index is 13.1. The van der Waals surface area contributed by atoms with Gasteiger partial charge in [-0.1, -0.05) is 13.8 Å². The first-order valence-corrected chi connectivity index (χ1v) is 11.1. The highest BCUT2D eigenvalue weighted by atomic mass is 19.1. The molecular weight excluding hydrogens is 453 g/mol. The molecule has 3 aromatic rings. The van der Waals surface area contributed by atoms with Crippen molar-refractivity contribution in [3.63, 3.8) is 0 Å². The summed E-state index contributed by atoms with van der Waals surface area (Å²) in [5, 5.41) is 20.2. The molecule has 0 fully saturated rings. The zero-order valence-corrected chi connectivity index (χ0v) is 19.4. The quantitative estimate of drug-likeness (QED) is 0.349. The summed E-state index contributed by atoms with van der Waals surface area (Å²) >= 11 is 0. The standard InChI is InChI=1S/C26H28FN3O5/c1-14(2)11-20(25(28)33)23-19(22(32)13-31)12-21(30-24(23)26(29)34)15-3-7-17(8-4-15)35-18-9-5-16(27)6-10-18/h3-10,12,14,20,22,31-32H,11,13H2,1-2H3,(H2,28,33)(H2,29,34)/t20-,22-/m0/s1. The van der Waals surface area contributed by atoms with Crippen molar-refractivity contribution in [1.29, 1.82) is 0 Å². The molecule has 8 nitrogen and oxygen atoms in total. The van der Waals surface area contributed by atoms with E-state index in [0.717, 1.165) is 0 Å². The Hall–Kier alpha value is -3.82. The summed E-state index contributed by atoms with van der Waals surface area (Å²) in [4.78, 5) is 29.1. The Morgan fingerprint density at radius 1 is 1.03 bits per heavy atom. The maximum atomic E-state index is 13.1. The van der Waals surface area contributed by atoms with E-state index in [-0.39, 0.29) is 28.6 Å². The molecule has 6 N–H and O–H groups in total. The number of rotatable bonds is 10. The van der Waals surface area contributed by atoms with E-state index in [1.165, 1.54) is 30.3 Å². The molecule has 9 heteroatoms. The largest absolute Gasteiger partial charge is 0.457 e. The van der Waals surface area contributed by atoms with Crippen LogP contribution in [0.4, 0.5) is 4.39 Å². The van der Waals surface area contributed by atoms with Gasteiger partial charge in [0, 0.05) is 11.1 Å². The molecule has 1 heterocycles. The van der Waals surface area contributed by atoms with Crippen LogP contribution in [0.25, 0.3) is 11.3 Å². The van der Waals surface area contributed by atoms with E-state index in [0.29, 0.717) is 29.2 Å². The van der Waals surface area contributed by atoms with Crippen molar-refractivity contribution in [2.24, 2.45) is 17.4 Å². The predicted molar refractivity (Wildman–Crippen MR) is 128 cm³/mol. The van der Waals surface area contributed by atoms with Gasteiger partial charge in [0.1, 0.15) is 29.1 Å². The van der Waals surface area contributed by atoms with Gasteiger partial charge in [0.2, 0.25) is 5.91 Å². The van der Waals surface area contributed by atoms with E-state index in [1.807, 2.05) is 13.8 Å². The van der Waals surface area contributed by atoms with Crippen molar-refractivity contribution < 1.29 is 28.9 Å². The monoisotopic (exact) mass is 481 g/mol. The highest BCUT2D eigenvalue weighted by Gasteiger charge is 2.31. The van der Waals surface area contributed by atoms with Crippen LogP contribution in [0.3, 0.4) is 0 Å². The van der Waals surface area contributed by atoms with Gasteiger partial charge in [0.25, 0.3) is 5.91 Å². The number of aromatic nitrogens is 1. The summed E-state index contributed by atoms with van der Waals surface area (Å²) in [7, 11) is 0. The van der Waals surface area contributed by atoms with E-state index in [2.05, 4.69) is 4.98 Å². The lowest BCUT2D eigenvalue weighted by Gasteiger charge is -2.24. The summed E-state index contributed by atoms with van der Waals surface area (Å²) in [5.74, 6) is -1.91. The van der Waals surface area contributed by atoms with Crippen LogP contribution in [0.5, 0.6) is 11.5 Å². The molecule has 184 valence electrons. The van der Waals surface area contributed by atoms with Gasteiger partial charge >= 0.3 is 0 Å². The lowest BCUT2D eigenvalue weighted by Crippen LogP contribution is -2.29. The Morgan fingerprint density at radius 3 is 2.09 bits per heavy atom. The molecule has 0 aliphatic heterocycles. The first-order valence-electron chi connectivity index (χ1n) is 11.1. The van der Waals surface area contributed by atoms with Crippen molar-refractivity contribution in [2.75, 3.05) is 6.61 Å². The lowest BCUT2D eigenvalue weighted by atomic mass is 9.83. The number of aliphatic hydroxyl groups excluding tert-OH is 2. The number of benzene rings is 2. The minimum Gasteiger partial charge on any atom is -0.457 e. The van der Waals surface area contributed by atoms with Crippen molar-refractivity contribution in [1.82, 2.24) is 4.98 Å². The van der Waals surface area contributed by atoms with E-state index in [4.69, 9.17) is 16.2 Å². The van der Waals surface area contributed by atoms with Crippen molar-refractivity contribution in [3.8, 4) is 22.8 Å². The molecule has 0 spiro atoms. The molecule has 2 atom stereocenters. The molecule has 0 saturated carbocycles. The molecule has 2 aromatic carbocycles. The minimum absolute atomic E-state index is 0.0423. The first kappa shape index (κ1) is 25.8. The summed E-state index contributed by atoms with van der Waals surface area (Å²) in [6.45, 7) is 3.13. The second-order valence-corrected chi connectivity index (χ2v) is 8.59. The summed E-state index contributed by atoms with van der Waals surface area (Å²) in [6, 6.07) is 13.8. The normalized spacial score (nSPS) is 12.9. The van der Waals surface area contributed by atoms with Crippen LogP contribution in [-0.4, -0.2) is 33.6 Å². The Kier molecular flexibility index (Phi) is 8.16. The summed E-state index contributed by atoms with van der Waals surface area (Å²) in [5.41, 5.74) is 12.2. The van der Waals surface area contributed by atoms with Gasteiger partial charge in [0.05, 0.1) is 18.2 Å². The first-order chi connectivity index (χ1) is 16.6. The van der Waals surface area contributed by atoms with Gasteiger partial charge < -0.3 is 26.4 Å². The molecule has 1 aromatic heterocycles. The Labute approximate surface area is 202 Å². The summed E-state index contributed by atoms with van der Waals surface area (Å²) in [6.07, 6.45) is -1.09. The van der Waals surface area contributed by atoms with Crippen LogP contribution in [-0.2, 0) is 4.79 Å². The van der Waals surface area contributed by atoms with Crippen LogP contribution < -0.4 is 16.2 Å². The third kappa shape index (κ3) is 6.20. The van der Waals surface area contributed by atoms with Gasteiger partial charge in [-0.05, 0) is 72.5 Å². The van der Waals surface area contributed by atoms with Crippen LogP contribution in [0.2, 0.25) is 0 Å². The SMILES string of the molecule is CC(C)C[C@H](C(N)=O)c1c([C@@H](O)CO)cc(-c2ccc(Oc3ccc(F)cc3)cc2)nc1C(N)=O. The number of hydrogen-bond donors (Lipinski definition) is 4. The number of nitrogens with two attached hydrogens (primary N) is 2. The van der Waals surface area contributed by atoms with Crippen molar-refractivity contribution in [3.05, 3.63) is 77.2 Å². The lowest BCUT2D eigenvalue weighted by molar-refractivity contribution is -0.119. The summed E-state index contributed by atoms with van der Waals surface area (Å²) < 4.78 is 18.8. The number of nitrogens with zero attached hydrogens (tertiary/aromatic N) is 1. The molecule has 0 aliphatic rings. The minimum atomic E-state index is -1.39. The van der Waals surface area contributed by atoms with E-state index < -0.39 is 30.4 Å². The smallest absolute Gasteiger partial charge is 0.267 e. The van der Waals surface area contributed by atoms with E-state index >= 15 is 0 Å². The number of carbonyl (C=O) groups is 2. The third-order valence-electron chi connectivity index (χ3n) is 5.45. The molecule has 35 heavy (non-hydrogen) atoms. The molecule has 0 radical (unpaired) electrons. The Bertz CT molecular complexity index is 1200. The topological polar surface area (TPSA) is 149 Å².